The molecule has 4 amide bonds. The number of amides is 4. The average Bonchev–Trinajstić information content (AvgIpc) is 3.04. The van der Waals surface area contributed by atoms with Gasteiger partial charge in [0.25, 0.3) is 17.7 Å². The van der Waals surface area contributed by atoms with Crippen LogP contribution in [-0.2, 0) is 4.79 Å². The molecule has 0 atom stereocenters. The molecule has 0 radical (unpaired) electrons. The van der Waals surface area contributed by atoms with Gasteiger partial charge in [0.1, 0.15) is 0 Å². The number of imide groups is 1. The molecule has 0 saturated carbocycles. The summed E-state index contributed by atoms with van der Waals surface area (Å²) in [6, 6.07) is 13.5. The lowest BCUT2D eigenvalue weighted by molar-refractivity contribution is -0.132. The van der Waals surface area contributed by atoms with Gasteiger partial charge in [-0.15, -0.1) is 0 Å². The molecule has 160 valence electrons. The predicted molar refractivity (Wildman–Crippen MR) is 115 cm³/mol. The minimum atomic E-state index is -0.303. The first-order valence-electron chi connectivity index (χ1n) is 10.2. The van der Waals surface area contributed by atoms with Crippen molar-refractivity contribution in [2.24, 2.45) is 0 Å². The normalized spacial score (nSPS) is 16.0. The van der Waals surface area contributed by atoms with E-state index in [4.69, 9.17) is 11.6 Å². The van der Waals surface area contributed by atoms with Crippen molar-refractivity contribution in [1.29, 1.82) is 0 Å². The Morgan fingerprint density at radius 3 is 1.94 bits per heavy atom. The van der Waals surface area contributed by atoms with Crippen molar-refractivity contribution in [3.63, 3.8) is 0 Å². The molecule has 1 fully saturated rings. The molecule has 0 spiro atoms. The summed E-state index contributed by atoms with van der Waals surface area (Å²) >= 11 is 5.87. The van der Waals surface area contributed by atoms with E-state index in [0.29, 0.717) is 54.3 Å². The molecule has 31 heavy (non-hydrogen) atoms. The number of carbonyl (C=O) groups excluding carboxylic acids is 4. The van der Waals surface area contributed by atoms with Crippen molar-refractivity contribution >= 4 is 35.2 Å². The van der Waals surface area contributed by atoms with Gasteiger partial charge >= 0.3 is 0 Å². The summed E-state index contributed by atoms with van der Waals surface area (Å²) < 4.78 is 0. The van der Waals surface area contributed by atoms with Gasteiger partial charge in [0, 0.05) is 49.7 Å². The van der Waals surface area contributed by atoms with Crippen LogP contribution in [0.25, 0.3) is 0 Å². The summed E-state index contributed by atoms with van der Waals surface area (Å²) in [7, 11) is 0. The molecule has 2 aliphatic heterocycles. The van der Waals surface area contributed by atoms with Crippen molar-refractivity contribution in [3.05, 3.63) is 70.2 Å². The molecule has 0 N–H and O–H groups in total. The highest BCUT2D eigenvalue weighted by atomic mass is 35.5. The number of piperazine rings is 1. The molecule has 0 aromatic heterocycles. The van der Waals surface area contributed by atoms with Gasteiger partial charge in [0.05, 0.1) is 11.1 Å². The third-order valence-corrected chi connectivity index (χ3v) is 5.91. The van der Waals surface area contributed by atoms with Crippen LogP contribution in [0.1, 0.15) is 43.9 Å². The van der Waals surface area contributed by atoms with Crippen molar-refractivity contribution in [3.8, 4) is 0 Å². The topological polar surface area (TPSA) is 78.0 Å². The number of carbonyl (C=O) groups is 4. The van der Waals surface area contributed by atoms with Gasteiger partial charge in [-0.1, -0.05) is 23.7 Å². The van der Waals surface area contributed by atoms with Crippen LogP contribution >= 0.6 is 11.6 Å². The van der Waals surface area contributed by atoms with Crippen LogP contribution in [0.2, 0.25) is 5.02 Å². The summed E-state index contributed by atoms with van der Waals surface area (Å²) in [5.41, 5.74) is 1.41. The van der Waals surface area contributed by atoms with Crippen LogP contribution in [0, 0.1) is 0 Å². The van der Waals surface area contributed by atoms with Gasteiger partial charge in [0.2, 0.25) is 5.91 Å². The second kappa shape index (κ2) is 8.89. The molecule has 0 unspecified atom stereocenters. The number of benzene rings is 2. The molecule has 2 heterocycles. The number of fused-ring (bicyclic) bond motifs is 1. The third kappa shape index (κ3) is 4.32. The molecule has 2 aromatic carbocycles. The molecule has 2 aromatic rings. The molecule has 8 heteroatoms. The summed E-state index contributed by atoms with van der Waals surface area (Å²) in [4.78, 5) is 54.6. The maximum atomic E-state index is 12.6. The standard InChI is InChI=1S/C23H22ClN3O4/c24-17-9-7-16(8-10-17)21(29)26-14-12-25(13-15-26)20(28)6-3-11-27-22(30)18-4-1-2-5-19(18)23(27)31/h1-2,4-5,7-10H,3,6,11-15H2. The van der Waals surface area contributed by atoms with Crippen molar-refractivity contribution in [2.75, 3.05) is 32.7 Å². The lowest BCUT2D eigenvalue weighted by Gasteiger charge is -2.35. The van der Waals surface area contributed by atoms with Gasteiger partial charge in [-0.05, 0) is 42.8 Å². The van der Waals surface area contributed by atoms with Gasteiger partial charge in [-0.25, -0.2) is 0 Å². The van der Waals surface area contributed by atoms with Gasteiger partial charge in [-0.2, -0.15) is 0 Å². The molecule has 1 saturated heterocycles. The van der Waals surface area contributed by atoms with E-state index in [-0.39, 0.29) is 36.6 Å². The largest absolute Gasteiger partial charge is 0.339 e. The van der Waals surface area contributed by atoms with Gasteiger partial charge in [-0.3, -0.25) is 24.1 Å². The smallest absolute Gasteiger partial charge is 0.261 e. The SMILES string of the molecule is O=C(CCCN1C(=O)c2ccccc2C1=O)N1CCN(C(=O)c2ccc(Cl)cc2)CC1. The number of nitrogens with zero attached hydrogens (tertiary/aromatic N) is 3. The molecule has 0 bridgehead atoms. The fourth-order valence-electron chi connectivity index (χ4n) is 3.92. The van der Waals surface area contributed by atoms with E-state index in [9.17, 15) is 19.2 Å². The first-order valence-corrected chi connectivity index (χ1v) is 10.6. The van der Waals surface area contributed by atoms with E-state index in [2.05, 4.69) is 0 Å². The second-order valence-corrected chi connectivity index (χ2v) is 8.03. The van der Waals surface area contributed by atoms with Crippen molar-refractivity contribution in [1.82, 2.24) is 14.7 Å². The summed E-state index contributed by atoms with van der Waals surface area (Å²) in [6.07, 6.45) is 0.659. The predicted octanol–water partition coefficient (Wildman–Crippen LogP) is 2.70. The highest BCUT2D eigenvalue weighted by Crippen LogP contribution is 2.23. The first-order chi connectivity index (χ1) is 15.0. The number of hydrogen-bond donors (Lipinski definition) is 0. The summed E-state index contributed by atoms with van der Waals surface area (Å²) in [6.45, 7) is 2.07. The molecule has 4 rings (SSSR count). The lowest BCUT2D eigenvalue weighted by atomic mass is 10.1. The van der Waals surface area contributed by atoms with Gasteiger partial charge < -0.3 is 9.80 Å². The van der Waals surface area contributed by atoms with E-state index in [1.54, 1.807) is 58.3 Å². The fraction of sp³-hybridized carbons (Fsp3) is 0.304. The Bertz CT molecular complexity index is 994. The Morgan fingerprint density at radius 1 is 0.806 bits per heavy atom. The minimum Gasteiger partial charge on any atom is -0.339 e. The molecule has 7 nitrogen and oxygen atoms in total. The zero-order chi connectivity index (χ0) is 22.0. The number of rotatable bonds is 5. The van der Waals surface area contributed by atoms with Crippen LogP contribution in [-0.4, -0.2) is 71.1 Å². The maximum Gasteiger partial charge on any atom is 0.261 e. The third-order valence-electron chi connectivity index (χ3n) is 5.66. The Hall–Kier alpha value is -3.19. The Balaban J connectivity index is 1.24. The van der Waals surface area contributed by atoms with Crippen LogP contribution in [0.5, 0.6) is 0 Å². The zero-order valence-electron chi connectivity index (χ0n) is 16.9. The Labute approximate surface area is 185 Å². The van der Waals surface area contributed by atoms with E-state index in [1.807, 2.05) is 0 Å². The maximum absolute atomic E-state index is 12.6. The Kier molecular flexibility index (Phi) is 6.04. The minimum absolute atomic E-state index is 0.0322. The van der Waals surface area contributed by atoms with Gasteiger partial charge in [0.15, 0.2) is 0 Å². The van der Waals surface area contributed by atoms with E-state index in [1.165, 1.54) is 4.90 Å². The quantitative estimate of drug-likeness (QED) is 0.671. The summed E-state index contributed by atoms with van der Waals surface area (Å²) in [5, 5.41) is 0.577. The molecular weight excluding hydrogens is 418 g/mol. The van der Waals surface area contributed by atoms with Crippen LogP contribution in [0.15, 0.2) is 48.5 Å². The molecular formula is C23H22ClN3O4. The van der Waals surface area contributed by atoms with E-state index >= 15 is 0 Å². The monoisotopic (exact) mass is 439 g/mol. The van der Waals surface area contributed by atoms with Crippen LogP contribution in [0.3, 0.4) is 0 Å². The summed E-state index contributed by atoms with van der Waals surface area (Å²) in [5.74, 6) is -0.714. The van der Waals surface area contributed by atoms with E-state index < -0.39 is 0 Å². The van der Waals surface area contributed by atoms with Crippen LogP contribution in [0.4, 0.5) is 0 Å². The lowest BCUT2D eigenvalue weighted by Crippen LogP contribution is -2.50. The molecule has 0 aliphatic carbocycles. The zero-order valence-corrected chi connectivity index (χ0v) is 17.7. The first kappa shape index (κ1) is 21.1. The fourth-order valence-corrected chi connectivity index (χ4v) is 4.05. The van der Waals surface area contributed by atoms with Crippen molar-refractivity contribution in [2.45, 2.75) is 12.8 Å². The van der Waals surface area contributed by atoms with Crippen molar-refractivity contribution < 1.29 is 19.2 Å². The number of hydrogen-bond acceptors (Lipinski definition) is 4. The highest BCUT2D eigenvalue weighted by Gasteiger charge is 2.34. The van der Waals surface area contributed by atoms with Crippen LogP contribution < -0.4 is 0 Å². The molecule has 2 aliphatic rings. The highest BCUT2D eigenvalue weighted by molar-refractivity contribution is 6.30. The number of halogens is 1. The average molecular weight is 440 g/mol. The second-order valence-electron chi connectivity index (χ2n) is 7.59. The Morgan fingerprint density at radius 2 is 1.35 bits per heavy atom. The van der Waals surface area contributed by atoms with E-state index in [0.717, 1.165) is 0 Å².